The Balaban J connectivity index is 2.05. The number of esters is 1. The molecule has 8 nitrogen and oxygen atoms in total. The minimum atomic E-state index is -0.652. The summed E-state index contributed by atoms with van der Waals surface area (Å²) in [5, 5.41) is 10.9. The van der Waals surface area contributed by atoms with Gasteiger partial charge < -0.3 is 9.47 Å². The molecule has 1 heterocycles. The van der Waals surface area contributed by atoms with Crippen LogP contribution < -0.4 is 9.64 Å². The van der Waals surface area contributed by atoms with Gasteiger partial charge in [-0.1, -0.05) is 24.8 Å². The minimum Gasteiger partial charge on any atom is -0.490 e. The summed E-state index contributed by atoms with van der Waals surface area (Å²) in [7, 11) is 1.24. The van der Waals surface area contributed by atoms with Crippen molar-refractivity contribution in [1.82, 2.24) is 0 Å². The van der Waals surface area contributed by atoms with Crippen LogP contribution in [0.5, 0.6) is 5.75 Å². The molecule has 1 aliphatic heterocycles. The van der Waals surface area contributed by atoms with Gasteiger partial charge in [-0.25, -0.2) is 4.79 Å². The highest BCUT2D eigenvalue weighted by molar-refractivity contribution is 6.23. The van der Waals surface area contributed by atoms with Crippen molar-refractivity contribution in [3.8, 4) is 5.75 Å². The number of methoxy groups -OCH3 is 1. The molecule has 0 saturated heterocycles. The number of amides is 1. The number of nitrogens with zero attached hydrogens (tertiary/aromatic N) is 2. The van der Waals surface area contributed by atoms with Crippen molar-refractivity contribution in [2.75, 3.05) is 18.6 Å². The quantitative estimate of drug-likeness (QED) is 0.220. The summed E-state index contributed by atoms with van der Waals surface area (Å²) in [5.74, 6) is -0.503. The molecule has 158 valence electrons. The number of carbonyl (C=O) groups is 2. The summed E-state index contributed by atoms with van der Waals surface area (Å²) in [4.78, 5) is 37.5. The predicted octanol–water partition coefficient (Wildman–Crippen LogP) is 4.04. The van der Waals surface area contributed by atoms with E-state index in [1.54, 1.807) is 43.3 Å². The molecule has 0 N–H and O–H groups in total. The number of ether oxygens (including phenoxy) is 2. The summed E-state index contributed by atoms with van der Waals surface area (Å²) in [6.45, 7) is 5.56. The van der Waals surface area contributed by atoms with E-state index in [4.69, 9.17) is 9.47 Å². The topological polar surface area (TPSA) is 99.0 Å². The molecule has 0 aliphatic carbocycles. The van der Waals surface area contributed by atoms with E-state index >= 15 is 0 Å². The summed E-state index contributed by atoms with van der Waals surface area (Å²) >= 11 is 0. The van der Waals surface area contributed by atoms with Crippen molar-refractivity contribution in [1.29, 1.82) is 0 Å². The maximum atomic E-state index is 13.3. The third-order valence-corrected chi connectivity index (χ3v) is 4.65. The van der Waals surface area contributed by atoms with Crippen molar-refractivity contribution in [3.05, 3.63) is 93.7 Å². The number of nitro benzene ring substituents is 1. The smallest absolute Gasteiger partial charge is 0.340 e. The van der Waals surface area contributed by atoms with E-state index < -0.39 is 16.8 Å². The van der Waals surface area contributed by atoms with Gasteiger partial charge in [0.1, 0.15) is 12.4 Å². The Labute approximate surface area is 178 Å². The third-order valence-electron chi connectivity index (χ3n) is 4.65. The van der Waals surface area contributed by atoms with Gasteiger partial charge in [0.05, 0.1) is 23.2 Å². The zero-order valence-electron chi connectivity index (χ0n) is 17.0. The monoisotopic (exact) mass is 420 g/mol. The molecule has 2 aromatic carbocycles. The van der Waals surface area contributed by atoms with Crippen LogP contribution in [-0.4, -0.2) is 30.5 Å². The van der Waals surface area contributed by atoms with Gasteiger partial charge in [0.15, 0.2) is 0 Å². The standard InChI is InChI=1S/C23H20N2O6/c1-4-12-31-19-7-5-6-16(13-19)14-20-21(23(27)30-3)15(2)24(22(20)26)17-8-10-18(11-9-17)25(28)29/h4-11,13-14H,1,12H2,2-3H3. The average molecular weight is 420 g/mol. The molecule has 0 spiro atoms. The van der Waals surface area contributed by atoms with Gasteiger partial charge >= 0.3 is 5.97 Å². The van der Waals surface area contributed by atoms with Gasteiger partial charge in [-0.05, 0) is 42.8 Å². The molecule has 8 heteroatoms. The number of non-ortho nitro benzene ring substituents is 1. The number of nitro groups is 1. The summed E-state index contributed by atoms with van der Waals surface area (Å²) in [6.07, 6.45) is 3.21. The molecule has 0 fully saturated rings. The minimum absolute atomic E-state index is 0.0997. The second-order valence-electron chi connectivity index (χ2n) is 6.60. The predicted molar refractivity (Wildman–Crippen MR) is 115 cm³/mol. The first-order valence-electron chi connectivity index (χ1n) is 9.31. The van der Waals surface area contributed by atoms with E-state index in [0.29, 0.717) is 29.3 Å². The van der Waals surface area contributed by atoms with E-state index in [-0.39, 0.29) is 16.8 Å². The van der Waals surface area contributed by atoms with Crippen LogP contribution in [0, 0.1) is 10.1 Å². The Morgan fingerprint density at radius 2 is 1.94 bits per heavy atom. The van der Waals surface area contributed by atoms with Crippen LogP contribution in [0.1, 0.15) is 12.5 Å². The first-order valence-corrected chi connectivity index (χ1v) is 9.31. The van der Waals surface area contributed by atoms with Gasteiger partial charge in [0.2, 0.25) is 0 Å². The van der Waals surface area contributed by atoms with E-state index in [2.05, 4.69) is 6.58 Å². The van der Waals surface area contributed by atoms with Crippen LogP contribution in [0.3, 0.4) is 0 Å². The fraction of sp³-hybridized carbons (Fsp3) is 0.130. The lowest BCUT2D eigenvalue weighted by Crippen LogP contribution is -2.24. The van der Waals surface area contributed by atoms with Gasteiger partial charge in [0, 0.05) is 23.5 Å². The first kappa shape index (κ1) is 21.5. The van der Waals surface area contributed by atoms with Crippen LogP contribution in [0.2, 0.25) is 0 Å². The lowest BCUT2D eigenvalue weighted by atomic mass is 10.0. The number of benzene rings is 2. The summed E-state index contributed by atoms with van der Waals surface area (Å²) in [6, 6.07) is 12.6. The van der Waals surface area contributed by atoms with Gasteiger partial charge in [-0.3, -0.25) is 19.8 Å². The van der Waals surface area contributed by atoms with Gasteiger partial charge in [-0.2, -0.15) is 0 Å². The van der Waals surface area contributed by atoms with Gasteiger partial charge in [0.25, 0.3) is 11.6 Å². The Bertz CT molecular complexity index is 1120. The van der Waals surface area contributed by atoms with Crippen LogP contribution in [-0.2, 0) is 14.3 Å². The van der Waals surface area contributed by atoms with Crippen LogP contribution in [0.4, 0.5) is 11.4 Å². The molecule has 2 aromatic rings. The average Bonchev–Trinajstić information content (AvgIpc) is 3.01. The number of hydrogen-bond acceptors (Lipinski definition) is 6. The summed E-state index contributed by atoms with van der Waals surface area (Å²) < 4.78 is 10.4. The Kier molecular flexibility index (Phi) is 6.30. The molecule has 31 heavy (non-hydrogen) atoms. The molecule has 0 radical (unpaired) electrons. The largest absolute Gasteiger partial charge is 0.490 e. The third kappa shape index (κ3) is 4.37. The molecule has 1 amide bonds. The van der Waals surface area contributed by atoms with E-state index in [1.165, 1.54) is 36.3 Å². The molecule has 3 rings (SSSR count). The number of allylic oxidation sites excluding steroid dienone is 1. The molecule has 1 aliphatic rings. The SMILES string of the molecule is C=CCOc1cccc(C=C2C(=O)N(c3ccc([N+](=O)[O-])cc3)C(C)=C2C(=O)OC)c1. The van der Waals surface area contributed by atoms with Crippen molar-refractivity contribution in [3.63, 3.8) is 0 Å². The van der Waals surface area contributed by atoms with E-state index in [0.717, 1.165) is 0 Å². The zero-order valence-corrected chi connectivity index (χ0v) is 17.0. The van der Waals surface area contributed by atoms with Crippen LogP contribution in [0.15, 0.2) is 78.0 Å². The molecule has 0 aromatic heterocycles. The van der Waals surface area contributed by atoms with Crippen molar-refractivity contribution >= 4 is 29.3 Å². The lowest BCUT2D eigenvalue weighted by molar-refractivity contribution is -0.384. The zero-order chi connectivity index (χ0) is 22.5. The summed E-state index contributed by atoms with van der Waals surface area (Å²) in [5.41, 5.74) is 1.62. The Morgan fingerprint density at radius 1 is 1.23 bits per heavy atom. The highest BCUT2D eigenvalue weighted by Crippen LogP contribution is 2.36. The second-order valence-corrected chi connectivity index (χ2v) is 6.60. The lowest BCUT2D eigenvalue weighted by Gasteiger charge is -2.17. The number of anilines is 1. The molecule has 0 unspecified atom stereocenters. The van der Waals surface area contributed by atoms with E-state index in [1.807, 2.05) is 0 Å². The molecule has 0 atom stereocenters. The maximum Gasteiger partial charge on any atom is 0.340 e. The van der Waals surface area contributed by atoms with E-state index in [9.17, 15) is 19.7 Å². The van der Waals surface area contributed by atoms with Gasteiger partial charge in [-0.15, -0.1) is 0 Å². The number of hydrogen-bond donors (Lipinski definition) is 0. The molecular weight excluding hydrogens is 400 g/mol. The fourth-order valence-corrected chi connectivity index (χ4v) is 3.23. The Hall–Kier alpha value is -4.20. The highest BCUT2D eigenvalue weighted by atomic mass is 16.6. The fourth-order valence-electron chi connectivity index (χ4n) is 3.23. The normalized spacial score (nSPS) is 14.7. The first-order chi connectivity index (χ1) is 14.9. The molecule has 0 bridgehead atoms. The van der Waals surface area contributed by atoms with Crippen molar-refractivity contribution in [2.24, 2.45) is 0 Å². The maximum absolute atomic E-state index is 13.3. The van der Waals surface area contributed by atoms with Crippen LogP contribution in [0.25, 0.3) is 6.08 Å². The number of rotatable bonds is 7. The second kappa shape index (κ2) is 9.08. The number of carbonyl (C=O) groups excluding carboxylic acids is 2. The highest BCUT2D eigenvalue weighted by Gasteiger charge is 2.38. The molecular formula is C23H20N2O6. The van der Waals surface area contributed by atoms with Crippen molar-refractivity contribution in [2.45, 2.75) is 6.92 Å². The van der Waals surface area contributed by atoms with Crippen LogP contribution >= 0.6 is 0 Å². The molecule has 0 saturated carbocycles. The Morgan fingerprint density at radius 3 is 2.55 bits per heavy atom. The van der Waals surface area contributed by atoms with Crippen molar-refractivity contribution < 1.29 is 24.0 Å².